The first-order chi connectivity index (χ1) is 11.3. The third kappa shape index (κ3) is 5.30. The monoisotopic (exact) mass is 346 g/mol. The van der Waals surface area contributed by atoms with Gasteiger partial charge >= 0.3 is 12.2 Å². The zero-order valence-corrected chi connectivity index (χ0v) is 13.6. The number of ether oxygens (including phenoxy) is 2. The van der Waals surface area contributed by atoms with Crippen LogP contribution in [0.3, 0.4) is 0 Å². The van der Waals surface area contributed by atoms with Gasteiger partial charge in [-0.25, -0.2) is 4.79 Å². The molecule has 0 saturated heterocycles. The third-order valence-corrected chi connectivity index (χ3v) is 3.98. The van der Waals surface area contributed by atoms with Gasteiger partial charge in [0.25, 0.3) is 0 Å². The van der Waals surface area contributed by atoms with Crippen molar-refractivity contribution in [2.45, 2.75) is 44.5 Å². The summed E-state index contributed by atoms with van der Waals surface area (Å²) < 4.78 is 46.8. The normalized spacial score (nSPS) is 20.7. The van der Waals surface area contributed by atoms with Gasteiger partial charge in [0.15, 0.2) is 6.61 Å². The van der Waals surface area contributed by atoms with Gasteiger partial charge in [-0.2, -0.15) is 13.2 Å². The molecule has 2 atom stereocenters. The van der Waals surface area contributed by atoms with Crippen molar-refractivity contribution in [3.63, 3.8) is 0 Å². The average Bonchev–Trinajstić information content (AvgIpc) is 2.94. The van der Waals surface area contributed by atoms with E-state index in [1.54, 1.807) is 20.1 Å². The SMILES string of the molecule is CO[C@H]1CC[C@@H](NC(=O)Nc2cccc(OCC(F)(F)F)c2C)C1. The van der Waals surface area contributed by atoms with E-state index < -0.39 is 18.8 Å². The minimum atomic E-state index is -4.41. The Morgan fingerprint density at radius 3 is 2.71 bits per heavy atom. The summed E-state index contributed by atoms with van der Waals surface area (Å²) in [7, 11) is 1.64. The molecule has 0 aromatic heterocycles. The molecule has 1 aromatic rings. The van der Waals surface area contributed by atoms with Crippen LogP contribution in [0.25, 0.3) is 0 Å². The molecular weight excluding hydrogens is 325 g/mol. The second-order valence-corrected chi connectivity index (χ2v) is 5.80. The Morgan fingerprint density at radius 1 is 1.33 bits per heavy atom. The van der Waals surface area contributed by atoms with Crippen LogP contribution in [0.15, 0.2) is 18.2 Å². The summed E-state index contributed by atoms with van der Waals surface area (Å²) in [6.45, 7) is 0.224. The first-order valence-corrected chi connectivity index (χ1v) is 7.68. The van der Waals surface area contributed by atoms with E-state index in [1.165, 1.54) is 12.1 Å². The summed E-state index contributed by atoms with van der Waals surface area (Å²) >= 11 is 0. The highest BCUT2D eigenvalue weighted by Crippen LogP contribution is 2.27. The number of amides is 2. The molecule has 1 saturated carbocycles. The van der Waals surface area contributed by atoms with Crippen LogP contribution in [-0.4, -0.2) is 38.1 Å². The molecule has 0 bridgehead atoms. The van der Waals surface area contributed by atoms with Crippen molar-refractivity contribution in [1.82, 2.24) is 5.32 Å². The molecule has 1 aromatic carbocycles. The fourth-order valence-corrected chi connectivity index (χ4v) is 2.69. The van der Waals surface area contributed by atoms with E-state index in [4.69, 9.17) is 9.47 Å². The predicted molar refractivity (Wildman–Crippen MR) is 83.3 cm³/mol. The maximum Gasteiger partial charge on any atom is 0.422 e. The van der Waals surface area contributed by atoms with Gasteiger partial charge in [0, 0.05) is 24.4 Å². The molecule has 0 aliphatic heterocycles. The van der Waals surface area contributed by atoms with E-state index in [9.17, 15) is 18.0 Å². The molecule has 0 heterocycles. The van der Waals surface area contributed by atoms with Crippen LogP contribution >= 0.6 is 0 Å². The van der Waals surface area contributed by atoms with Gasteiger partial charge in [0.2, 0.25) is 0 Å². The lowest BCUT2D eigenvalue weighted by Crippen LogP contribution is -2.36. The Morgan fingerprint density at radius 2 is 2.08 bits per heavy atom. The lowest BCUT2D eigenvalue weighted by Gasteiger charge is -2.17. The molecule has 134 valence electrons. The van der Waals surface area contributed by atoms with Gasteiger partial charge in [0.05, 0.1) is 6.10 Å². The number of alkyl halides is 3. The van der Waals surface area contributed by atoms with Crippen molar-refractivity contribution >= 4 is 11.7 Å². The molecule has 1 aliphatic rings. The van der Waals surface area contributed by atoms with Crippen molar-refractivity contribution in [3.8, 4) is 5.75 Å². The van der Waals surface area contributed by atoms with Gasteiger partial charge in [0.1, 0.15) is 5.75 Å². The van der Waals surface area contributed by atoms with Crippen LogP contribution in [0.2, 0.25) is 0 Å². The number of carbonyl (C=O) groups is 1. The quantitative estimate of drug-likeness (QED) is 0.856. The molecular formula is C16H21F3N2O3. The Labute approximate surface area is 138 Å². The largest absolute Gasteiger partial charge is 0.484 e. The zero-order chi connectivity index (χ0) is 17.7. The summed E-state index contributed by atoms with van der Waals surface area (Å²) in [6.07, 6.45) is -1.79. The minimum Gasteiger partial charge on any atom is -0.484 e. The van der Waals surface area contributed by atoms with E-state index in [1.807, 2.05) is 0 Å². The minimum absolute atomic E-state index is 0.0277. The van der Waals surface area contributed by atoms with Crippen molar-refractivity contribution in [2.24, 2.45) is 0 Å². The number of hydrogen-bond acceptors (Lipinski definition) is 3. The van der Waals surface area contributed by atoms with Crippen LogP contribution in [0.5, 0.6) is 5.75 Å². The van der Waals surface area contributed by atoms with Crippen molar-refractivity contribution in [3.05, 3.63) is 23.8 Å². The van der Waals surface area contributed by atoms with Crippen LogP contribution in [0.1, 0.15) is 24.8 Å². The van der Waals surface area contributed by atoms with E-state index in [-0.39, 0.29) is 17.9 Å². The topological polar surface area (TPSA) is 59.6 Å². The highest BCUT2D eigenvalue weighted by Gasteiger charge is 2.29. The molecule has 0 spiro atoms. The van der Waals surface area contributed by atoms with Crippen LogP contribution in [0, 0.1) is 6.92 Å². The Kier molecular flexibility index (Phi) is 5.93. The average molecular weight is 346 g/mol. The van der Waals surface area contributed by atoms with Gasteiger partial charge in [-0.15, -0.1) is 0 Å². The van der Waals surface area contributed by atoms with E-state index in [0.717, 1.165) is 19.3 Å². The molecule has 5 nitrogen and oxygen atoms in total. The van der Waals surface area contributed by atoms with E-state index in [2.05, 4.69) is 10.6 Å². The first kappa shape index (κ1) is 18.4. The summed E-state index contributed by atoms with van der Waals surface area (Å²) in [6, 6.07) is 4.21. The number of urea groups is 1. The number of nitrogens with one attached hydrogen (secondary N) is 2. The van der Waals surface area contributed by atoms with E-state index >= 15 is 0 Å². The highest BCUT2D eigenvalue weighted by atomic mass is 19.4. The second-order valence-electron chi connectivity index (χ2n) is 5.80. The van der Waals surface area contributed by atoms with Crippen molar-refractivity contribution < 1.29 is 27.4 Å². The van der Waals surface area contributed by atoms with Gasteiger partial charge in [-0.1, -0.05) is 6.07 Å². The fourth-order valence-electron chi connectivity index (χ4n) is 2.69. The Bertz CT molecular complexity index is 578. The fraction of sp³-hybridized carbons (Fsp3) is 0.562. The van der Waals surface area contributed by atoms with Gasteiger partial charge in [-0.05, 0) is 38.3 Å². The Hall–Kier alpha value is -1.96. The molecule has 24 heavy (non-hydrogen) atoms. The summed E-state index contributed by atoms with van der Waals surface area (Å²) in [5.41, 5.74) is 0.853. The number of halogens is 3. The van der Waals surface area contributed by atoms with E-state index in [0.29, 0.717) is 11.3 Å². The number of rotatable bonds is 5. The lowest BCUT2D eigenvalue weighted by atomic mass is 10.2. The van der Waals surface area contributed by atoms with Crippen molar-refractivity contribution in [2.75, 3.05) is 19.0 Å². The third-order valence-electron chi connectivity index (χ3n) is 3.98. The molecule has 2 rings (SSSR count). The number of benzene rings is 1. The molecule has 0 unspecified atom stereocenters. The second kappa shape index (κ2) is 7.74. The summed E-state index contributed by atoms with van der Waals surface area (Å²) in [5.74, 6) is 0.0884. The zero-order valence-electron chi connectivity index (χ0n) is 13.6. The Balaban J connectivity index is 1.93. The molecule has 1 fully saturated rings. The van der Waals surface area contributed by atoms with Gasteiger partial charge in [-0.3, -0.25) is 0 Å². The number of hydrogen-bond donors (Lipinski definition) is 2. The van der Waals surface area contributed by atoms with Crippen molar-refractivity contribution in [1.29, 1.82) is 0 Å². The van der Waals surface area contributed by atoms with Gasteiger partial charge < -0.3 is 20.1 Å². The predicted octanol–water partition coefficient (Wildman–Crippen LogP) is 3.63. The molecule has 0 radical (unpaired) electrons. The van der Waals surface area contributed by atoms with Crippen LogP contribution in [-0.2, 0) is 4.74 Å². The maximum atomic E-state index is 12.3. The molecule has 2 amide bonds. The first-order valence-electron chi connectivity index (χ1n) is 7.68. The summed E-state index contributed by atoms with van der Waals surface area (Å²) in [4.78, 5) is 12.1. The van der Waals surface area contributed by atoms with Crippen LogP contribution < -0.4 is 15.4 Å². The molecule has 1 aliphatic carbocycles. The number of carbonyl (C=O) groups excluding carboxylic acids is 1. The summed E-state index contributed by atoms with van der Waals surface area (Å²) in [5, 5.41) is 5.50. The number of anilines is 1. The number of methoxy groups -OCH3 is 1. The molecule has 8 heteroatoms. The standard InChI is InChI=1S/C16H21F3N2O3/c1-10-13(4-3-5-14(10)24-9-16(17,18)19)21-15(22)20-11-6-7-12(8-11)23-2/h3-5,11-12H,6-9H2,1-2H3,(H2,20,21,22)/t11-,12+/m1/s1. The smallest absolute Gasteiger partial charge is 0.422 e. The molecule has 2 N–H and O–H groups in total. The highest BCUT2D eigenvalue weighted by molar-refractivity contribution is 5.90. The lowest BCUT2D eigenvalue weighted by molar-refractivity contribution is -0.153. The van der Waals surface area contributed by atoms with Crippen LogP contribution in [0.4, 0.5) is 23.7 Å². The maximum absolute atomic E-state index is 12.3.